The van der Waals surface area contributed by atoms with Crippen LogP contribution >= 0.6 is 11.6 Å². The third kappa shape index (κ3) is 2.97. The van der Waals surface area contributed by atoms with Crippen LogP contribution in [-0.2, 0) is 0 Å². The van der Waals surface area contributed by atoms with Crippen LogP contribution in [0.1, 0.15) is 0 Å². The summed E-state index contributed by atoms with van der Waals surface area (Å²) >= 11 is 5.82. The number of pyridine rings is 1. The third-order valence-electron chi connectivity index (χ3n) is 2.00. The molecule has 0 spiro atoms. The van der Waals surface area contributed by atoms with Gasteiger partial charge >= 0.3 is 6.03 Å². The highest BCUT2D eigenvalue weighted by atomic mass is 35.5. The Morgan fingerprint density at radius 1 is 1.47 bits per heavy atom. The minimum atomic E-state index is -0.554. The van der Waals surface area contributed by atoms with Crippen LogP contribution in [0.4, 0.5) is 10.7 Å². The number of nitrogens with two attached hydrogens (primary N) is 1. The number of amides is 2. The van der Waals surface area contributed by atoms with Crippen LogP contribution in [0.3, 0.4) is 0 Å². The summed E-state index contributed by atoms with van der Waals surface area (Å²) in [5.74, 6) is 0.471. The van der Waals surface area contributed by atoms with Crippen LogP contribution in [0.15, 0.2) is 18.3 Å². The van der Waals surface area contributed by atoms with Gasteiger partial charge in [0.25, 0.3) is 0 Å². The summed E-state index contributed by atoms with van der Waals surface area (Å²) < 4.78 is 1.58. The number of urea groups is 1. The second-order valence-electron chi connectivity index (χ2n) is 3.30. The van der Waals surface area contributed by atoms with Crippen molar-refractivity contribution in [2.45, 2.75) is 0 Å². The standard InChI is InChI=1S/C9H11ClN6O/c10-6-1-2-7-14-9(15-16(7)5-6)13-4-3-12-8(11)17/h1-2,5H,3-4H2,(H,13,15)(H3,11,12,17). The molecule has 0 aliphatic rings. The SMILES string of the molecule is NC(=O)NCCNc1nc2ccc(Cl)cn2n1. The Bertz CT molecular complexity index is 539. The van der Waals surface area contributed by atoms with Crippen molar-refractivity contribution in [2.24, 2.45) is 5.73 Å². The number of hydrogen-bond donors (Lipinski definition) is 3. The number of anilines is 1. The largest absolute Gasteiger partial charge is 0.352 e. The molecule has 2 heterocycles. The number of primary amides is 1. The lowest BCUT2D eigenvalue weighted by atomic mass is 10.5. The van der Waals surface area contributed by atoms with Gasteiger partial charge in [0.15, 0.2) is 5.65 Å². The van der Waals surface area contributed by atoms with Gasteiger partial charge < -0.3 is 16.4 Å². The average Bonchev–Trinajstić information content (AvgIpc) is 2.66. The molecule has 7 nitrogen and oxygen atoms in total. The highest BCUT2D eigenvalue weighted by Gasteiger charge is 2.02. The molecule has 0 radical (unpaired) electrons. The molecule has 8 heteroatoms. The van der Waals surface area contributed by atoms with Crippen molar-refractivity contribution in [1.29, 1.82) is 0 Å². The molecule has 0 saturated carbocycles. The topological polar surface area (TPSA) is 97.3 Å². The molecule has 0 bridgehead atoms. The predicted molar refractivity (Wildman–Crippen MR) is 64.1 cm³/mol. The molecule has 2 rings (SSSR count). The first kappa shape index (κ1) is 11.5. The molecular formula is C9H11ClN6O. The molecule has 0 saturated heterocycles. The first-order valence-electron chi connectivity index (χ1n) is 4.94. The zero-order chi connectivity index (χ0) is 12.3. The molecule has 0 aromatic carbocycles. The van der Waals surface area contributed by atoms with E-state index in [1.54, 1.807) is 22.8 Å². The van der Waals surface area contributed by atoms with Crippen molar-refractivity contribution in [3.8, 4) is 0 Å². The van der Waals surface area contributed by atoms with Crippen LogP contribution in [0, 0.1) is 0 Å². The molecule has 0 aliphatic heterocycles. The summed E-state index contributed by atoms with van der Waals surface area (Å²) in [5, 5.41) is 10.1. The summed E-state index contributed by atoms with van der Waals surface area (Å²) in [6.45, 7) is 0.902. The van der Waals surface area contributed by atoms with Crippen LogP contribution in [0.5, 0.6) is 0 Å². The van der Waals surface area contributed by atoms with Gasteiger partial charge in [-0.15, -0.1) is 5.10 Å². The molecule has 0 atom stereocenters. The van der Waals surface area contributed by atoms with Gasteiger partial charge in [-0.3, -0.25) is 0 Å². The first-order valence-corrected chi connectivity index (χ1v) is 5.32. The number of carbonyl (C=O) groups excluding carboxylic acids is 1. The lowest BCUT2D eigenvalue weighted by molar-refractivity contribution is 0.249. The highest BCUT2D eigenvalue weighted by Crippen LogP contribution is 2.10. The third-order valence-corrected chi connectivity index (χ3v) is 2.23. The van der Waals surface area contributed by atoms with Crippen LogP contribution in [-0.4, -0.2) is 33.7 Å². The number of nitrogens with zero attached hydrogens (tertiary/aromatic N) is 3. The Labute approximate surface area is 102 Å². The van der Waals surface area contributed by atoms with E-state index in [-0.39, 0.29) is 0 Å². The Hall–Kier alpha value is -2.02. The van der Waals surface area contributed by atoms with E-state index in [1.807, 2.05) is 0 Å². The predicted octanol–water partition coefficient (Wildman–Crippen LogP) is 0.463. The van der Waals surface area contributed by atoms with Crippen molar-refractivity contribution in [3.05, 3.63) is 23.4 Å². The molecule has 2 amide bonds. The van der Waals surface area contributed by atoms with Gasteiger partial charge in [0.05, 0.1) is 5.02 Å². The van der Waals surface area contributed by atoms with Crippen LogP contribution in [0.25, 0.3) is 5.65 Å². The fourth-order valence-corrected chi connectivity index (χ4v) is 1.45. The fraction of sp³-hybridized carbons (Fsp3) is 0.222. The van der Waals surface area contributed by atoms with Gasteiger partial charge in [0.1, 0.15) is 0 Å². The summed E-state index contributed by atoms with van der Waals surface area (Å²) in [4.78, 5) is 14.6. The number of fused-ring (bicyclic) bond motifs is 1. The number of halogens is 1. The zero-order valence-corrected chi connectivity index (χ0v) is 9.61. The summed E-state index contributed by atoms with van der Waals surface area (Å²) in [5.41, 5.74) is 5.62. The van der Waals surface area contributed by atoms with Gasteiger partial charge in [0.2, 0.25) is 5.95 Å². The Morgan fingerprint density at radius 2 is 2.29 bits per heavy atom. The van der Waals surface area contributed by atoms with Crippen molar-refractivity contribution < 1.29 is 4.79 Å². The maximum Gasteiger partial charge on any atom is 0.312 e. The maximum atomic E-state index is 10.4. The number of carbonyl (C=O) groups is 1. The summed E-state index contributed by atoms with van der Waals surface area (Å²) in [6, 6.07) is 2.95. The molecule has 17 heavy (non-hydrogen) atoms. The van der Waals surface area contributed by atoms with E-state index in [1.165, 1.54) is 0 Å². The van der Waals surface area contributed by atoms with Crippen LogP contribution < -0.4 is 16.4 Å². The highest BCUT2D eigenvalue weighted by molar-refractivity contribution is 6.30. The van der Waals surface area contributed by atoms with Gasteiger partial charge in [-0.1, -0.05) is 11.6 Å². The van der Waals surface area contributed by atoms with E-state index < -0.39 is 6.03 Å². The van der Waals surface area contributed by atoms with Crippen molar-refractivity contribution >= 4 is 29.2 Å². The first-order chi connectivity index (χ1) is 8.15. The molecule has 2 aromatic heterocycles. The molecule has 0 unspecified atom stereocenters. The lowest BCUT2D eigenvalue weighted by Gasteiger charge is -2.01. The number of rotatable bonds is 4. The Balaban J connectivity index is 1.97. The van der Waals surface area contributed by atoms with E-state index in [9.17, 15) is 4.79 Å². The van der Waals surface area contributed by atoms with E-state index >= 15 is 0 Å². The van der Waals surface area contributed by atoms with Gasteiger partial charge in [-0.25, -0.2) is 9.31 Å². The van der Waals surface area contributed by atoms with E-state index in [2.05, 4.69) is 20.7 Å². The molecule has 90 valence electrons. The number of hydrogen-bond acceptors (Lipinski definition) is 4. The quantitative estimate of drug-likeness (QED) is 0.691. The number of aromatic nitrogens is 3. The van der Waals surface area contributed by atoms with E-state index in [0.29, 0.717) is 29.7 Å². The zero-order valence-electron chi connectivity index (χ0n) is 8.85. The lowest BCUT2D eigenvalue weighted by Crippen LogP contribution is -2.33. The monoisotopic (exact) mass is 254 g/mol. The van der Waals surface area contributed by atoms with Crippen molar-refractivity contribution in [1.82, 2.24) is 19.9 Å². The van der Waals surface area contributed by atoms with Crippen molar-refractivity contribution in [3.63, 3.8) is 0 Å². The Morgan fingerprint density at radius 3 is 3.06 bits per heavy atom. The van der Waals surface area contributed by atoms with Gasteiger partial charge in [-0.05, 0) is 12.1 Å². The minimum absolute atomic E-state index is 0.408. The second-order valence-corrected chi connectivity index (χ2v) is 3.74. The summed E-state index contributed by atoms with van der Waals surface area (Å²) in [7, 11) is 0. The molecule has 0 fully saturated rings. The molecule has 4 N–H and O–H groups in total. The van der Waals surface area contributed by atoms with Crippen molar-refractivity contribution in [2.75, 3.05) is 18.4 Å². The molecular weight excluding hydrogens is 244 g/mol. The van der Waals surface area contributed by atoms with E-state index in [4.69, 9.17) is 17.3 Å². The molecule has 0 aliphatic carbocycles. The number of nitrogens with one attached hydrogen (secondary N) is 2. The minimum Gasteiger partial charge on any atom is -0.352 e. The maximum absolute atomic E-state index is 10.4. The smallest absolute Gasteiger partial charge is 0.312 e. The molecule has 2 aromatic rings. The van der Waals surface area contributed by atoms with E-state index in [0.717, 1.165) is 0 Å². The van der Waals surface area contributed by atoms with Gasteiger partial charge in [0, 0.05) is 19.3 Å². The Kier molecular flexibility index (Phi) is 3.29. The fourth-order valence-electron chi connectivity index (χ4n) is 1.29. The van der Waals surface area contributed by atoms with Crippen LogP contribution in [0.2, 0.25) is 5.02 Å². The average molecular weight is 255 g/mol. The summed E-state index contributed by atoms with van der Waals surface area (Å²) in [6.07, 6.45) is 1.66. The normalized spacial score (nSPS) is 10.4. The second kappa shape index (κ2) is 4.88. The van der Waals surface area contributed by atoms with Gasteiger partial charge in [-0.2, -0.15) is 4.98 Å².